The maximum atomic E-state index is 4.11. The zero-order valence-corrected chi connectivity index (χ0v) is 10.6. The number of nitrogens with zero attached hydrogens (tertiary/aromatic N) is 1. The molecule has 0 spiro atoms. The molecule has 0 rings (SSSR count). The maximum absolute atomic E-state index is 4.11. The Kier molecular flexibility index (Phi) is 4.04. The second-order valence-corrected chi connectivity index (χ2v) is 6.91. The van der Waals surface area contributed by atoms with Gasteiger partial charge in [-0.2, -0.15) is 0 Å². The lowest BCUT2D eigenvalue weighted by atomic mass is 10.0. The Morgan fingerprint density at radius 3 is 2.18 bits per heavy atom. The summed E-state index contributed by atoms with van der Waals surface area (Å²) in [5.41, 5.74) is 1.40. The lowest BCUT2D eigenvalue weighted by Crippen LogP contribution is -2.16. The van der Waals surface area contributed by atoms with Crippen molar-refractivity contribution in [3.05, 3.63) is 12.2 Å². The molecule has 0 saturated heterocycles. The zero-order valence-electron chi connectivity index (χ0n) is 8.57. The fraction of sp³-hybridized carbons (Fsp3) is 0.778. The van der Waals surface area contributed by atoms with E-state index in [9.17, 15) is 0 Å². The predicted molar refractivity (Wildman–Crippen MR) is 56.3 cm³/mol. The Balaban J connectivity index is 3.71. The van der Waals surface area contributed by atoms with E-state index in [1.165, 1.54) is 15.8 Å². The zero-order chi connectivity index (χ0) is 9.07. The van der Waals surface area contributed by atoms with Crippen LogP contribution in [-0.4, -0.2) is 35.8 Å². The van der Waals surface area contributed by atoms with Crippen LogP contribution in [0.25, 0.3) is 0 Å². The summed E-state index contributed by atoms with van der Waals surface area (Å²) in [7, 11) is 5.41. The van der Waals surface area contributed by atoms with Crippen LogP contribution in [0, 0.1) is 0 Å². The highest BCUT2D eigenvalue weighted by Crippen LogP contribution is 2.30. The third-order valence-electron chi connectivity index (χ3n) is 1.92. The van der Waals surface area contributed by atoms with Crippen LogP contribution < -0.4 is 0 Å². The summed E-state index contributed by atoms with van der Waals surface area (Å²) in [6.07, 6.45) is 1.14. The Morgan fingerprint density at radius 1 is 1.45 bits per heavy atom. The smallest absolute Gasteiger partial charge is 0.0150 e. The highest BCUT2D eigenvalue weighted by atomic mass is 28.1. The molecule has 0 radical (unpaired) electrons. The molecule has 0 aliphatic carbocycles. The standard InChI is InChI=1S/C9H21NSi/c1-8(9(2,3)11)6-7-10(4)5/h1,6-7H2,2-5,11H3. The van der Waals surface area contributed by atoms with Gasteiger partial charge in [-0.1, -0.05) is 26.0 Å². The second-order valence-electron chi connectivity index (χ2n) is 4.41. The third kappa shape index (κ3) is 5.22. The van der Waals surface area contributed by atoms with Crippen molar-refractivity contribution >= 4 is 10.2 Å². The van der Waals surface area contributed by atoms with Crippen molar-refractivity contribution in [1.29, 1.82) is 0 Å². The third-order valence-corrected chi connectivity index (χ3v) is 2.63. The molecule has 66 valence electrons. The van der Waals surface area contributed by atoms with Gasteiger partial charge in [-0.3, -0.25) is 0 Å². The number of hydrogen-bond donors (Lipinski definition) is 0. The molecule has 0 heterocycles. The second kappa shape index (κ2) is 4.07. The first-order chi connectivity index (χ1) is 4.84. The van der Waals surface area contributed by atoms with Gasteiger partial charge in [-0.05, 0) is 25.6 Å². The maximum Gasteiger partial charge on any atom is 0.0150 e. The summed E-state index contributed by atoms with van der Waals surface area (Å²) in [5, 5.41) is 0.413. The minimum Gasteiger partial charge on any atom is -0.309 e. The Labute approximate surface area is 73.9 Å². The van der Waals surface area contributed by atoms with E-state index in [0.29, 0.717) is 5.04 Å². The monoisotopic (exact) mass is 171 g/mol. The van der Waals surface area contributed by atoms with Crippen LogP contribution in [0.15, 0.2) is 12.2 Å². The molecule has 0 aliphatic heterocycles. The summed E-state index contributed by atoms with van der Waals surface area (Å²) in [5.74, 6) is 0. The van der Waals surface area contributed by atoms with Crippen LogP contribution in [0.4, 0.5) is 0 Å². The van der Waals surface area contributed by atoms with Gasteiger partial charge in [-0.15, -0.1) is 0 Å². The van der Waals surface area contributed by atoms with Gasteiger partial charge >= 0.3 is 0 Å². The molecule has 0 aromatic rings. The minimum absolute atomic E-state index is 0.413. The van der Waals surface area contributed by atoms with E-state index in [2.05, 4.69) is 39.4 Å². The summed E-state index contributed by atoms with van der Waals surface area (Å²) in [6.45, 7) is 9.79. The lowest BCUT2D eigenvalue weighted by molar-refractivity contribution is 0.408. The predicted octanol–water partition coefficient (Wildman–Crippen LogP) is 1.06. The normalized spacial score (nSPS) is 12.5. The summed E-state index contributed by atoms with van der Waals surface area (Å²) < 4.78 is 0. The summed E-state index contributed by atoms with van der Waals surface area (Å²) >= 11 is 0. The van der Waals surface area contributed by atoms with Gasteiger partial charge in [0.15, 0.2) is 0 Å². The first kappa shape index (κ1) is 10.9. The van der Waals surface area contributed by atoms with E-state index in [-0.39, 0.29) is 0 Å². The van der Waals surface area contributed by atoms with Gasteiger partial charge in [0.2, 0.25) is 0 Å². The molecule has 0 N–H and O–H groups in total. The van der Waals surface area contributed by atoms with Crippen LogP contribution in [0.1, 0.15) is 20.3 Å². The molecule has 0 aliphatic rings. The van der Waals surface area contributed by atoms with Gasteiger partial charge in [0, 0.05) is 16.8 Å². The minimum atomic E-state index is 0.413. The summed E-state index contributed by atoms with van der Waals surface area (Å²) in [4.78, 5) is 2.21. The summed E-state index contributed by atoms with van der Waals surface area (Å²) in [6, 6.07) is 0. The molecule has 11 heavy (non-hydrogen) atoms. The number of rotatable bonds is 4. The van der Waals surface area contributed by atoms with Gasteiger partial charge in [-0.25, -0.2) is 0 Å². The van der Waals surface area contributed by atoms with Crippen LogP contribution in [0.5, 0.6) is 0 Å². The molecule has 0 amide bonds. The van der Waals surface area contributed by atoms with Gasteiger partial charge in [0.1, 0.15) is 0 Å². The van der Waals surface area contributed by atoms with Crippen molar-refractivity contribution in [3.8, 4) is 0 Å². The highest BCUT2D eigenvalue weighted by Gasteiger charge is 2.13. The van der Waals surface area contributed by atoms with E-state index >= 15 is 0 Å². The molecule has 0 bridgehead atoms. The fourth-order valence-electron chi connectivity index (χ4n) is 0.734. The van der Waals surface area contributed by atoms with Crippen molar-refractivity contribution < 1.29 is 0 Å². The van der Waals surface area contributed by atoms with E-state index in [0.717, 1.165) is 13.0 Å². The van der Waals surface area contributed by atoms with Crippen molar-refractivity contribution in [2.45, 2.75) is 25.3 Å². The molecule has 0 aromatic heterocycles. The van der Waals surface area contributed by atoms with Crippen LogP contribution >= 0.6 is 0 Å². The van der Waals surface area contributed by atoms with Crippen molar-refractivity contribution in [1.82, 2.24) is 4.90 Å². The van der Waals surface area contributed by atoms with Crippen LogP contribution in [0.2, 0.25) is 5.04 Å². The van der Waals surface area contributed by atoms with Crippen molar-refractivity contribution in [3.63, 3.8) is 0 Å². The number of hydrogen-bond acceptors (Lipinski definition) is 1. The van der Waals surface area contributed by atoms with Crippen LogP contribution in [0.3, 0.4) is 0 Å². The molecular formula is C9H21NSi. The molecule has 1 nitrogen and oxygen atoms in total. The van der Waals surface area contributed by atoms with Crippen molar-refractivity contribution in [2.75, 3.05) is 20.6 Å². The van der Waals surface area contributed by atoms with Crippen LogP contribution in [-0.2, 0) is 0 Å². The molecule has 2 heteroatoms. The van der Waals surface area contributed by atoms with Crippen molar-refractivity contribution in [2.24, 2.45) is 0 Å². The lowest BCUT2D eigenvalue weighted by Gasteiger charge is -2.23. The largest absolute Gasteiger partial charge is 0.309 e. The van der Waals surface area contributed by atoms with E-state index in [4.69, 9.17) is 0 Å². The molecule has 0 atom stereocenters. The molecule has 0 saturated carbocycles. The SMILES string of the molecule is C=C(CCN(C)C)C(C)(C)[SiH3]. The average Bonchev–Trinajstić information content (AvgIpc) is 1.80. The first-order valence-corrected chi connectivity index (χ1v) is 5.17. The molecule has 0 unspecified atom stereocenters. The first-order valence-electron chi connectivity index (χ1n) is 4.17. The topological polar surface area (TPSA) is 3.24 Å². The van der Waals surface area contributed by atoms with E-state index in [1.54, 1.807) is 0 Å². The van der Waals surface area contributed by atoms with E-state index < -0.39 is 0 Å². The van der Waals surface area contributed by atoms with E-state index in [1.807, 2.05) is 0 Å². The average molecular weight is 171 g/mol. The molecule has 0 fully saturated rings. The fourth-order valence-corrected chi connectivity index (χ4v) is 0.984. The Morgan fingerprint density at radius 2 is 1.91 bits per heavy atom. The Bertz CT molecular complexity index is 133. The Hall–Kier alpha value is -0.0831. The van der Waals surface area contributed by atoms with Gasteiger partial charge < -0.3 is 4.90 Å². The highest BCUT2D eigenvalue weighted by molar-refractivity contribution is 6.16. The van der Waals surface area contributed by atoms with Gasteiger partial charge in [0.25, 0.3) is 0 Å². The van der Waals surface area contributed by atoms with Gasteiger partial charge in [0.05, 0.1) is 0 Å². The quantitative estimate of drug-likeness (QED) is 0.451. The molecular weight excluding hydrogens is 150 g/mol. The molecule has 0 aromatic carbocycles.